The standard InChI is InChI=1S/C35H29BrF5N7O2/c1-19-14-25-28(18-46(19)31(49)22-10-13-27(36)26(16-22)35(39,40)41)48-30(23(17-42-48)15-20-6-4-3-5-7-20)47(32(25)50)24-11-8-21(9-12-24)29-43-33(45-44-29)34(2,37)38/h3-13,16-17,19,25,28H,14-15,18H2,1-2H3,(H,43,44,45)/t19-,25?,28?/m0/s1. The number of halogens is 6. The van der Waals surface area contributed by atoms with E-state index in [2.05, 4.69) is 31.1 Å². The summed E-state index contributed by atoms with van der Waals surface area (Å²) in [7, 11) is 0. The second kappa shape index (κ2) is 12.4. The molecule has 2 amide bonds. The quantitative estimate of drug-likeness (QED) is 0.178. The summed E-state index contributed by atoms with van der Waals surface area (Å²) in [4.78, 5) is 35.3. The number of benzene rings is 3. The van der Waals surface area contributed by atoms with E-state index in [1.54, 1.807) is 47.0 Å². The molecule has 2 unspecified atom stereocenters. The van der Waals surface area contributed by atoms with E-state index in [1.807, 2.05) is 30.3 Å². The molecule has 2 aromatic heterocycles. The Bertz CT molecular complexity index is 2080. The molecule has 3 atom stereocenters. The van der Waals surface area contributed by atoms with Crippen LogP contribution in [0.25, 0.3) is 11.4 Å². The SMILES string of the molecule is C[C@H]1CC2C(=O)N(c3ccc(-c4n[nH]c(C(C)(F)F)n4)cc3)c3c(Cc4ccccc4)cnn3C2CN1C(=O)c1ccc(Br)c(C(F)(F)F)c1. The molecule has 50 heavy (non-hydrogen) atoms. The van der Waals surface area contributed by atoms with Crippen molar-refractivity contribution >= 4 is 39.2 Å². The van der Waals surface area contributed by atoms with Crippen LogP contribution in [0.5, 0.6) is 0 Å². The van der Waals surface area contributed by atoms with Gasteiger partial charge < -0.3 is 4.90 Å². The third kappa shape index (κ3) is 6.07. The van der Waals surface area contributed by atoms with E-state index in [-0.39, 0.29) is 34.7 Å². The molecule has 2 aliphatic rings. The smallest absolute Gasteiger partial charge is 0.334 e. The summed E-state index contributed by atoms with van der Waals surface area (Å²) in [5, 5.41) is 10.9. The third-order valence-electron chi connectivity index (χ3n) is 9.18. The normalized spacial score (nSPS) is 19.4. The topological polar surface area (TPSA) is 100 Å². The van der Waals surface area contributed by atoms with Gasteiger partial charge in [-0.05, 0) is 61.4 Å². The number of alkyl halides is 5. The number of rotatable bonds is 6. The van der Waals surface area contributed by atoms with Crippen LogP contribution in [0.4, 0.5) is 33.5 Å². The van der Waals surface area contributed by atoms with Gasteiger partial charge in [-0.25, -0.2) is 9.67 Å². The maximum Gasteiger partial charge on any atom is 0.417 e. The Labute approximate surface area is 291 Å². The highest BCUT2D eigenvalue weighted by molar-refractivity contribution is 9.10. The van der Waals surface area contributed by atoms with Crippen LogP contribution in [-0.2, 0) is 23.3 Å². The van der Waals surface area contributed by atoms with E-state index in [0.717, 1.165) is 24.1 Å². The van der Waals surface area contributed by atoms with Crippen LogP contribution >= 0.6 is 15.9 Å². The number of H-pyrrole nitrogens is 1. The molecule has 1 fully saturated rings. The number of likely N-dealkylation sites (tertiary alicyclic amines) is 1. The van der Waals surface area contributed by atoms with Crippen LogP contribution in [0.15, 0.2) is 83.5 Å². The zero-order valence-corrected chi connectivity index (χ0v) is 28.2. The monoisotopic (exact) mass is 753 g/mol. The van der Waals surface area contributed by atoms with Crippen LogP contribution in [0, 0.1) is 5.92 Å². The molecular formula is C35H29BrF5N7O2. The van der Waals surface area contributed by atoms with Gasteiger partial charge in [0.15, 0.2) is 11.6 Å². The number of carbonyl (C=O) groups is 2. The number of anilines is 2. The van der Waals surface area contributed by atoms with Gasteiger partial charge in [0.1, 0.15) is 5.82 Å². The first kappa shape index (κ1) is 33.6. The lowest BCUT2D eigenvalue weighted by atomic mass is 9.84. The minimum absolute atomic E-state index is 0.0509. The highest BCUT2D eigenvalue weighted by Gasteiger charge is 2.48. The molecule has 0 saturated carbocycles. The minimum Gasteiger partial charge on any atom is -0.334 e. The number of hydrogen-bond donors (Lipinski definition) is 1. The van der Waals surface area contributed by atoms with E-state index in [4.69, 9.17) is 5.10 Å². The fraction of sp³-hybridized carbons (Fsp3) is 0.286. The van der Waals surface area contributed by atoms with E-state index in [1.165, 1.54) is 17.0 Å². The number of amides is 2. The molecule has 15 heteroatoms. The first-order valence-corrected chi connectivity index (χ1v) is 16.5. The number of nitrogens with one attached hydrogen (secondary N) is 1. The fourth-order valence-electron chi connectivity index (χ4n) is 6.69. The molecule has 7 rings (SSSR count). The summed E-state index contributed by atoms with van der Waals surface area (Å²) in [6.45, 7) is 2.54. The predicted octanol–water partition coefficient (Wildman–Crippen LogP) is 7.92. The summed E-state index contributed by atoms with van der Waals surface area (Å²) in [6.07, 6.45) is -2.29. The van der Waals surface area contributed by atoms with Gasteiger partial charge in [-0.2, -0.15) is 32.1 Å². The number of aromatic nitrogens is 5. The van der Waals surface area contributed by atoms with Gasteiger partial charge in [0.05, 0.1) is 29.4 Å². The molecule has 0 bridgehead atoms. The van der Waals surface area contributed by atoms with E-state index in [9.17, 15) is 31.5 Å². The Morgan fingerprint density at radius 2 is 1.74 bits per heavy atom. The lowest BCUT2D eigenvalue weighted by Crippen LogP contribution is -2.56. The number of piperidine rings is 1. The molecule has 258 valence electrons. The maximum atomic E-state index is 14.5. The van der Waals surface area contributed by atoms with Gasteiger partial charge >= 0.3 is 12.1 Å². The van der Waals surface area contributed by atoms with Gasteiger partial charge in [-0.15, -0.1) is 0 Å². The average molecular weight is 755 g/mol. The molecular weight excluding hydrogens is 725 g/mol. The van der Waals surface area contributed by atoms with Gasteiger partial charge in [-0.1, -0.05) is 46.3 Å². The molecule has 3 aromatic carbocycles. The van der Waals surface area contributed by atoms with Crippen molar-refractivity contribution in [2.45, 2.75) is 50.9 Å². The van der Waals surface area contributed by atoms with Crippen molar-refractivity contribution in [3.8, 4) is 11.4 Å². The van der Waals surface area contributed by atoms with Crippen molar-refractivity contribution in [2.75, 3.05) is 11.4 Å². The second-order valence-corrected chi connectivity index (χ2v) is 13.5. The van der Waals surface area contributed by atoms with Gasteiger partial charge in [0.2, 0.25) is 5.91 Å². The maximum absolute atomic E-state index is 14.5. The first-order chi connectivity index (χ1) is 23.7. The number of aromatic amines is 1. The van der Waals surface area contributed by atoms with Crippen molar-refractivity contribution in [1.29, 1.82) is 0 Å². The first-order valence-electron chi connectivity index (χ1n) is 15.7. The third-order valence-corrected chi connectivity index (χ3v) is 9.87. The molecule has 1 saturated heterocycles. The lowest BCUT2D eigenvalue weighted by molar-refractivity contribution is -0.138. The van der Waals surface area contributed by atoms with Crippen LogP contribution in [0.1, 0.15) is 59.2 Å². The summed E-state index contributed by atoms with van der Waals surface area (Å²) in [6, 6.07) is 18.6. The van der Waals surface area contributed by atoms with E-state index in [0.29, 0.717) is 23.5 Å². The molecule has 0 spiro atoms. The van der Waals surface area contributed by atoms with Crippen molar-refractivity contribution in [1.82, 2.24) is 29.9 Å². The number of hydrogen-bond acceptors (Lipinski definition) is 5. The van der Waals surface area contributed by atoms with Crippen molar-refractivity contribution < 1.29 is 31.5 Å². The van der Waals surface area contributed by atoms with E-state index < -0.39 is 47.4 Å². The second-order valence-electron chi connectivity index (χ2n) is 12.6. The predicted molar refractivity (Wildman–Crippen MR) is 177 cm³/mol. The van der Waals surface area contributed by atoms with Crippen LogP contribution in [0.3, 0.4) is 0 Å². The lowest BCUT2D eigenvalue weighted by Gasteiger charge is -2.47. The summed E-state index contributed by atoms with van der Waals surface area (Å²) in [5.74, 6) is -4.59. The molecule has 1 N–H and O–H groups in total. The Morgan fingerprint density at radius 3 is 2.40 bits per heavy atom. The minimum atomic E-state index is -4.66. The molecule has 9 nitrogen and oxygen atoms in total. The van der Waals surface area contributed by atoms with Gasteiger partial charge in [0.25, 0.3) is 5.91 Å². The Balaban J connectivity index is 1.26. The fourth-order valence-corrected chi connectivity index (χ4v) is 7.16. The van der Waals surface area contributed by atoms with Crippen molar-refractivity contribution in [3.63, 3.8) is 0 Å². The zero-order chi connectivity index (χ0) is 35.5. The Kier molecular flexibility index (Phi) is 8.36. The highest BCUT2D eigenvalue weighted by atomic mass is 79.9. The van der Waals surface area contributed by atoms with Crippen LogP contribution in [-0.4, -0.2) is 54.3 Å². The average Bonchev–Trinajstić information content (AvgIpc) is 3.74. The van der Waals surface area contributed by atoms with Gasteiger partial charge in [-0.3, -0.25) is 19.6 Å². The number of nitrogens with zero attached hydrogens (tertiary/aromatic N) is 6. The molecule has 4 heterocycles. The largest absolute Gasteiger partial charge is 0.417 e. The zero-order valence-electron chi connectivity index (χ0n) is 26.6. The van der Waals surface area contributed by atoms with Crippen LogP contribution < -0.4 is 4.90 Å². The number of carbonyl (C=O) groups excluding carboxylic acids is 2. The summed E-state index contributed by atoms with van der Waals surface area (Å²) in [5.41, 5.74) is 1.63. The number of fused-ring (bicyclic) bond motifs is 3. The highest BCUT2D eigenvalue weighted by Crippen LogP contribution is 2.45. The van der Waals surface area contributed by atoms with Crippen molar-refractivity contribution in [3.05, 3.63) is 112 Å². The Morgan fingerprint density at radius 1 is 1.02 bits per heavy atom. The Hall–Kier alpha value is -4.92. The van der Waals surface area contributed by atoms with Crippen molar-refractivity contribution in [2.24, 2.45) is 5.92 Å². The molecule has 5 aromatic rings. The molecule has 0 aliphatic carbocycles. The van der Waals surface area contributed by atoms with Crippen LogP contribution in [0.2, 0.25) is 0 Å². The summed E-state index contributed by atoms with van der Waals surface area (Å²) < 4.78 is 70.2. The van der Waals surface area contributed by atoms with E-state index >= 15 is 0 Å². The molecule has 0 radical (unpaired) electrons. The van der Waals surface area contributed by atoms with Gasteiger partial charge in [0, 0.05) is 47.1 Å². The summed E-state index contributed by atoms with van der Waals surface area (Å²) >= 11 is 2.93. The molecule has 2 aliphatic heterocycles.